The van der Waals surface area contributed by atoms with Crippen LogP contribution in [0, 0.1) is 5.92 Å². The third kappa shape index (κ3) is 3.83. The largest absolute Gasteiger partial charge is 0.393 e. The lowest BCUT2D eigenvalue weighted by atomic mass is 10.1. The Kier molecular flexibility index (Phi) is 5.05. The number of aliphatic hydroxyl groups excluding tert-OH is 1. The Balaban J connectivity index is 1.75. The number of aliphatic hydroxyl groups is 1. The van der Waals surface area contributed by atoms with Crippen molar-refractivity contribution in [3.8, 4) is 0 Å². The first-order valence-electron chi connectivity index (χ1n) is 7.39. The van der Waals surface area contributed by atoms with Crippen molar-refractivity contribution in [2.24, 2.45) is 5.92 Å². The maximum absolute atomic E-state index is 12.1. The molecule has 1 aliphatic carbocycles. The van der Waals surface area contributed by atoms with Gasteiger partial charge in [-0.15, -0.1) is 0 Å². The summed E-state index contributed by atoms with van der Waals surface area (Å²) in [5.41, 5.74) is 0. The minimum absolute atomic E-state index is 0.0472. The van der Waals surface area contributed by atoms with Gasteiger partial charge in [-0.05, 0) is 32.6 Å². The van der Waals surface area contributed by atoms with Crippen LogP contribution in [-0.4, -0.2) is 54.5 Å². The minimum Gasteiger partial charge on any atom is -0.393 e. The summed E-state index contributed by atoms with van der Waals surface area (Å²) in [4.78, 5) is 13.8. The van der Waals surface area contributed by atoms with Crippen LogP contribution in [0.25, 0.3) is 0 Å². The van der Waals surface area contributed by atoms with Gasteiger partial charge in [-0.3, -0.25) is 0 Å². The van der Waals surface area contributed by atoms with E-state index in [1.54, 1.807) is 11.9 Å². The Morgan fingerprint density at radius 1 is 1.42 bits per heavy atom. The molecule has 2 fully saturated rings. The van der Waals surface area contributed by atoms with Crippen LogP contribution in [0.5, 0.6) is 0 Å². The molecule has 4 atom stereocenters. The fraction of sp³-hybridized carbons (Fsp3) is 0.929. The van der Waals surface area contributed by atoms with Crippen molar-refractivity contribution in [2.75, 3.05) is 20.2 Å². The molecule has 1 saturated carbocycles. The zero-order chi connectivity index (χ0) is 13.8. The number of hydrogen-bond acceptors (Lipinski definition) is 3. The van der Waals surface area contributed by atoms with Crippen molar-refractivity contribution >= 4 is 6.03 Å². The molecule has 1 aliphatic heterocycles. The van der Waals surface area contributed by atoms with Gasteiger partial charge in [-0.25, -0.2) is 4.79 Å². The Labute approximate surface area is 115 Å². The van der Waals surface area contributed by atoms with Crippen molar-refractivity contribution in [3.63, 3.8) is 0 Å². The van der Waals surface area contributed by atoms with Gasteiger partial charge in [0.2, 0.25) is 0 Å². The number of carbonyl (C=O) groups excluding carboxylic acids is 1. The second-order valence-corrected chi connectivity index (χ2v) is 5.93. The molecule has 0 spiro atoms. The molecule has 2 N–H and O–H groups in total. The second-order valence-electron chi connectivity index (χ2n) is 5.93. The molecular formula is C14H26N2O3. The average molecular weight is 270 g/mol. The van der Waals surface area contributed by atoms with E-state index in [2.05, 4.69) is 5.32 Å². The van der Waals surface area contributed by atoms with E-state index in [-0.39, 0.29) is 30.2 Å². The second kappa shape index (κ2) is 6.57. The van der Waals surface area contributed by atoms with Gasteiger partial charge in [0.25, 0.3) is 0 Å². The molecule has 0 aromatic carbocycles. The van der Waals surface area contributed by atoms with E-state index < -0.39 is 0 Å². The smallest absolute Gasteiger partial charge is 0.317 e. The van der Waals surface area contributed by atoms with E-state index in [0.717, 1.165) is 38.7 Å². The van der Waals surface area contributed by atoms with Gasteiger partial charge in [0.05, 0.1) is 18.2 Å². The molecule has 0 radical (unpaired) electrons. The lowest BCUT2D eigenvalue weighted by molar-refractivity contribution is 0.0814. The van der Waals surface area contributed by atoms with Crippen molar-refractivity contribution in [2.45, 2.75) is 57.3 Å². The number of urea groups is 1. The fourth-order valence-corrected chi connectivity index (χ4v) is 3.06. The summed E-state index contributed by atoms with van der Waals surface area (Å²) in [6.45, 7) is 3.42. The van der Waals surface area contributed by atoms with Crippen LogP contribution in [0.1, 0.15) is 39.0 Å². The first-order chi connectivity index (χ1) is 9.08. The van der Waals surface area contributed by atoms with Crippen LogP contribution in [-0.2, 0) is 4.74 Å². The summed E-state index contributed by atoms with van der Waals surface area (Å²) >= 11 is 0. The summed E-state index contributed by atoms with van der Waals surface area (Å²) in [6, 6.07) is -0.0203. The SMILES string of the molecule is CC(NC(=O)N(C)CC1CCCC1O)C1CCCO1. The molecule has 0 aromatic rings. The predicted molar refractivity (Wildman–Crippen MR) is 72.9 cm³/mol. The van der Waals surface area contributed by atoms with Gasteiger partial charge in [-0.1, -0.05) is 6.42 Å². The molecule has 2 rings (SSSR count). The van der Waals surface area contributed by atoms with E-state index >= 15 is 0 Å². The van der Waals surface area contributed by atoms with Gasteiger partial charge in [0.15, 0.2) is 0 Å². The Bertz CT molecular complexity index is 305. The highest BCUT2D eigenvalue weighted by atomic mass is 16.5. The first-order valence-corrected chi connectivity index (χ1v) is 7.39. The van der Waals surface area contributed by atoms with Gasteiger partial charge < -0.3 is 20.1 Å². The molecule has 5 heteroatoms. The summed E-state index contributed by atoms with van der Waals surface area (Å²) in [6.07, 6.45) is 4.95. The first kappa shape index (κ1) is 14.6. The molecule has 5 nitrogen and oxygen atoms in total. The number of ether oxygens (including phenoxy) is 1. The lowest BCUT2D eigenvalue weighted by Crippen LogP contribution is -2.48. The Morgan fingerprint density at radius 2 is 2.21 bits per heavy atom. The van der Waals surface area contributed by atoms with E-state index in [4.69, 9.17) is 4.74 Å². The van der Waals surface area contributed by atoms with Crippen LogP contribution in [0.2, 0.25) is 0 Å². The van der Waals surface area contributed by atoms with E-state index in [9.17, 15) is 9.90 Å². The molecule has 110 valence electrons. The van der Waals surface area contributed by atoms with Crippen molar-refractivity contribution < 1.29 is 14.6 Å². The third-order valence-corrected chi connectivity index (χ3v) is 4.35. The van der Waals surface area contributed by atoms with Gasteiger partial charge >= 0.3 is 6.03 Å². The fourth-order valence-electron chi connectivity index (χ4n) is 3.06. The quantitative estimate of drug-likeness (QED) is 0.811. The van der Waals surface area contributed by atoms with E-state index in [0.29, 0.717) is 6.54 Å². The number of amides is 2. The maximum Gasteiger partial charge on any atom is 0.317 e. The van der Waals surface area contributed by atoms with E-state index in [1.807, 2.05) is 6.92 Å². The van der Waals surface area contributed by atoms with Crippen LogP contribution in [0.15, 0.2) is 0 Å². The Morgan fingerprint density at radius 3 is 2.79 bits per heavy atom. The van der Waals surface area contributed by atoms with Crippen molar-refractivity contribution in [1.82, 2.24) is 10.2 Å². The van der Waals surface area contributed by atoms with Crippen LogP contribution < -0.4 is 5.32 Å². The van der Waals surface area contributed by atoms with Gasteiger partial charge in [0, 0.05) is 26.1 Å². The molecule has 2 aliphatic rings. The highest BCUT2D eigenvalue weighted by Gasteiger charge is 2.29. The maximum atomic E-state index is 12.1. The number of carbonyl (C=O) groups is 1. The molecule has 0 aromatic heterocycles. The zero-order valence-corrected chi connectivity index (χ0v) is 12.0. The molecule has 1 heterocycles. The predicted octanol–water partition coefficient (Wildman–Crippen LogP) is 1.36. The molecule has 2 amide bonds. The number of hydrogen-bond donors (Lipinski definition) is 2. The molecule has 0 bridgehead atoms. The van der Waals surface area contributed by atoms with Gasteiger partial charge in [0.1, 0.15) is 0 Å². The summed E-state index contributed by atoms with van der Waals surface area (Å²) in [7, 11) is 1.79. The van der Waals surface area contributed by atoms with Crippen LogP contribution in [0.3, 0.4) is 0 Å². The van der Waals surface area contributed by atoms with E-state index in [1.165, 1.54) is 0 Å². The minimum atomic E-state index is -0.245. The highest BCUT2D eigenvalue weighted by Crippen LogP contribution is 2.26. The number of rotatable bonds is 4. The van der Waals surface area contributed by atoms with Crippen molar-refractivity contribution in [3.05, 3.63) is 0 Å². The molecular weight excluding hydrogens is 244 g/mol. The molecule has 19 heavy (non-hydrogen) atoms. The summed E-state index contributed by atoms with van der Waals surface area (Å²) < 4.78 is 5.57. The third-order valence-electron chi connectivity index (χ3n) is 4.35. The molecule has 1 saturated heterocycles. The summed E-state index contributed by atoms with van der Waals surface area (Å²) in [5.74, 6) is 0.230. The Hall–Kier alpha value is -0.810. The van der Waals surface area contributed by atoms with Crippen LogP contribution >= 0.6 is 0 Å². The molecule has 4 unspecified atom stereocenters. The van der Waals surface area contributed by atoms with Crippen LogP contribution in [0.4, 0.5) is 4.79 Å². The number of nitrogens with zero attached hydrogens (tertiary/aromatic N) is 1. The average Bonchev–Trinajstić information content (AvgIpc) is 3.01. The standard InChI is InChI=1S/C14H26N2O3/c1-10(13-7-4-8-19-13)15-14(18)16(2)9-11-5-3-6-12(11)17/h10-13,17H,3-9H2,1-2H3,(H,15,18). The number of nitrogens with one attached hydrogen (secondary N) is 1. The normalized spacial score (nSPS) is 32.3. The summed E-state index contributed by atoms with van der Waals surface area (Å²) in [5, 5.41) is 12.8. The van der Waals surface area contributed by atoms with Gasteiger partial charge in [-0.2, -0.15) is 0 Å². The topological polar surface area (TPSA) is 61.8 Å². The highest BCUT2D eigenvalue weighted by molar-refractivity contribution is 5.74. The lowest BCUT2D eigenvalue weighted by Gasteiger charge is -2.27. The zero-order valence-electron chi connectivity index (χ0n) is 12.0. The monoisotopic (exact) mass is 270 g/mol. The van der Waals surface area contributed by atoms with Crippen molar-refractivity contribution in [1.29, 1.82) is 0 Å².